The van der Waals surface area contributed by atoms with Gasteiger partial charge in [-0.3, -0.25) is 0 Å². The van der Waals surface area contributed by atoms with Crippen LogP contribution in [-0.2, 0) is 11.2 Å². The van der Waals surface area contributed by atoms with Crippen molar-refractivity contribution in [1.29, 1.82) is 0 Å². The predicted molar refractivity (Wildman–Crippen MR) is 146 cm³/mol. The van der Waals surface area contributed by atoms with E-state index in [-0.39, 0.29) is 11.6 Å². The molecular formula is C33H46F2O. The fourth-order valence-corrected chi connectivity index (χ4v) is 6.82. The molecule has 36 heavy (non-hydrogen) atoms. The van der Waals surface area contributed by atoms with Gasteiger partial charge < -0.3 is 4.74 Å². The number of hydrogen-bond donors (Lipinski definition) is 0. The van der Waals surface area contributed by atoms with Gasteiger partial charge in [0.15, 0.2) is 0 Å². The molecule has 0 bridgehead atoms. The molecule has 0 saturated heterocycles. The molecule has 0 heterocycles. The van der Waals surface area contributed by atoms with Crippen LogP contribution in [0, 0.1) is 29.4 Å². The molecule has 4 rings (SSSR count). The lowest BCUT2D eigenvalue weighted by atomic mass is 9.77. The first-order chi connectivity index (χ1) is 17.6. The van der Waals surface area contributed by atoms with Crippen LogP contribution in [0.25, 0.3) is 11.1 Å². The number of rotatable bonds is 11. The maximum absolute atomic E-state index is 15.1. The first kappa shape index (κ1) is 27.3. The molecule has 0 atom stereocenters. The Morgan fingerprint density at radius 3 is 1.92 bits per heavy atom. The lowest BCUT2D eigenvalue weighted by molar-refractivity contribution is 0.175. The second kappa shape index (κ2) is 13.7. The highest BCUT2D eigenvalue weighted by Crippen LogP contribution is 2.39. The zero-order valence-electron chi connectivity index (χ0n) is 22.5. The number of hydrogen-bond acceptors (Lipinski definition) is 1. The molecule has 2 fully saturated rings. The summed E-state index contributed by atoms with van der Waals surface area (Å²) >= 11 is 0. The monoisotopic (exact) mass is 496 g/mol. The predicted octanol–water partition coefficient (Wildman–Crippen LogP) is 9.87. The van der Waals surface area contributed by atoms with Gasteiger partial charge in [-0.1, -0.05) is 69.7 Å². The van der Waals surface area contributed by atoms with Crippen LogP contribution in [-0.4, -0.2) is 13.7 Å². The van der Waals surface area contributed by atoms with Gasteiger partial charge in [-0.25, -0.2) is 8.78 Å². The van der Waals surface area contributed by atoms with E-state index in [4.69, 9.17) is 4.74 Å². The molecule has 0 aliphatic heterocycles. The van der Waals surface area contributed by atoms with E-state index in [1.54, 1.807) is 31.4 Å². The van der Waals surface area contributed by atoms with E-state index in [0.717, 1.165) is 61.2 Å². The summed E-state index contributed by atoms with van der Waals surface area (Å²) < 4.78 is 35.4. The van der Waals surface area contributed by atoms with Crippen molar-refractivity contribution in [2.75, 3.05) is 13.7 Å². The van der Waals surface area contributed by atoms with Gasteiger partial charge in [0.1, 0.15) is 11.6 Å². The van der Waals surface area contributed by atoms with E-state index in [9.17, 15) is 0 Å². The molecule has 2 aliphatic rings. The van der Waals surface area contributed by atoms with Crippen LogP contribution in [0.3, 0.4) is 0 Å². The summed E-state index contributed by atoms with van der Waals surface area (Å²) in [5.41, 5.74) is 2.87. The molecule has 0 N–H and O–H groups in total. The van der Waals surface area contributed by atoms with Crippen LogP contribution in [0.1, 0.15) is 107 Å². The fourth-order valence-electron chi connectivity index (χ4n) is 6.82. The second-order valence-electron chi connectivity index (χ2n) is 11.6. The molecule has 0 aromatic heterocycles. The van der Waals surface area contributed by atoms with Crippen molar-refractivity contribution in [3.05, 3.63) is 59.2 Å². The van der Waals surface area contributed by atoms with Gasteiger partial charge in [-0.2, -0.15) is 0 Å². The van der Waals surface area contributed by atoms with Crippen LogP contribution in [0.2, 0.25) is 0 Å². The molecule has 2 saturated carbocycles. The first-order valence-electron chi connectivity index (χ1n) is 14.6. The average Bonchev–Trinajstić information content (AvgIpc) is 2.89. The highest BCUT2D eigenvalue weighted by molar-refractivity contribution is 5.65. The summed E-state index contributed by atoms with van der Waals surface area (Å²) in [6, 6.07) is 10.9. The fraction of sp³-hybridized carbons (Fsp3) is 0.636. The minimum atomic E-state index is -0.305. The maximum Gasteiger partial charge on any atom is 0.131 e. The zero-order chi connectivity index (χ0) is 25.3. The Morgan fingerprint density at radius 2 is 1.31 bits per heavy atom. The van der Waals surface area contributed by atoms with Crippen LogP contribution in [0.4, 0.5) is 8.78 Å². The smallest absolute Gasteiger partial charge is 0.131 e. The largest absolute Gasteiger partial charge is 0.385 e. The van der Waals surface area contributed by atoms with E-state index in [1.165, 1.54) is 64.2 Å². The van der Waals surface area contributed by atoms with E-state index >= 15 is 8.78 Å². The van der Waals surface area contributed by atoms with Gasteiger partial charge in [-0.05, 0) is 98.3 Å². The van der Waals surface area contributed by atoms with E-state index in [0.29, 0.717) is 17.0 Å². The van der Waals surface area contributed by atoms with Crippen LogP contribution in [0.5, 0.6) is 0 Å². The van der Waals surface area contributed by atoms with Crippen LogP contribution in [0.15, 0.2) is 36.4 Å². The molecule has 2 aliphatic carbocycles. The van der Waals surface area contributed by atoms with E-state index in [1.807, 2.05) is 12.1 Å². The SMILES string of the molecule is CCCC1CCC(c2ccc(-c3ccc(CCC4CCC(CCCOC)CC4)cc3F)c(F)c2)CC1. The Bertz CT molecular complexity index is 939. The van der Waals surface area contributed by atoms with Gasteiger partial charge >= 0.3 is 0 Å². The highest BCUT2D eigenvalue weighted by atomic mass is 19.1. The summed E-state index contributed by atoms with van der Waals surface area (Å²) in [5, 5.41) is 0. The van der Waals surface area contributed by atoms with Crippen LogP contribution >= 0.6 is 0 Å². The Morgan fingerprint density at radius 1 is 0.722 bits per heavy atom. The zero-order valence-corrected chi connectivity index (χ0v) is 22.5. The quantitative estimate of drug-likeness (QED) is 0.281. The lowest BCUT2D eigenvalue weighted by Crippen LogP contribution is -2.15. The third-order valence-corrected chi connectivity index (χ3v) is 9.10. The normalized spacial score (nSPS) is 24.7. The van der Waals surface area contributed by atoms with Crippen molar-refractivity contribution < 1.29 is 13.5 Å². The third-order valence-electron chi connectivity index (χ3n) is 9.10. The van der Waals surface area contributed by atoms with Gasteiger partial charge in [0.25, 0.3) is 0 Å². The minimum Gasteiger partial charge on any atom is -0.385 e. The van der Waals surface area contributed by atoms with Gasteiger partial charge in [0.05, 0.1) is 0 Å². The van der Waals surface area contributed by atoms with Crippen molar-refractivity contribution in [3.8, 4) is 11.1 Å². The molecule has 2 aromatic rings. The second-order valence-corrected chi connectivity index (χ2v) is 11.6. The molecule has 0 unspecified atom stereocenters. The summed E-state index contributed by atoms with van der Waals surface area (Å²) in [4.78, 5) is 0. The summed E-state index contributed by atoms with van der Waals surface area (Å²) in [6.45, 7) is 3.12. The molecule has 0 amide bonds. The third kappa shape index (κ3) is 7.40. The maximum atomic E-state index is 15.1. The van der Waals surface area contributed by atoms with Gasteiger partial charge in [0, 0.05) is 24.8 Å². The Kier molecular flexibility index (Phi) is 10.4. The minimum absolute atomic E-state index is 0.294. The number of aryl methyl sites for hydroxylation is 1. The molecular weight excluding hydrogens is 450 g/mol. The number of ether oxygens (including phenoxy) is 1. The highest BCUT2D eigenvalue weighted by Gasteiger charge is 2.24. The van der Waals surface area contributed by atoms with E-state index < -0.39 is 0 Å². The topological polar surface area (TPSA) is 9.23 Å². The first-order valence-corrected chi connectivity index (χ1v) is 14.6. The lowest BCUT2D eigenvalue weighted by Gasteiger charge is -2.29. The van der Waals surface area contributed by atoms with E-state index in [2.05, 4.69) is 6.92 Å². The van der Waals surface area contributed by atoms with Crippen molar-refractivity contribution in [2.45, 2.75) is 103 Å². The number of methoxy groups -OCH3 is 1. The Labute approximate surface area is 218 Å². The summed E-state index contributed by atoms with van der Waals surface area (Å²) in [6.07, 6.45) is 17.0. The van der Waals surface area contributed by atoms with Crippen molar-refractivity contribution in [1.82, 2.24) is 0 Å². The molecule has 3 heteroatoms. The molecule has 198 valence electrons. The standard InChI is InChI=1S/C33H46F2O/c1-3-5-24-13-16-28(17-14-24)29-18-20-31(33(35)23-29)30-19-15-27(22-32(30)34)12-11-26-9-7-25(8-10-26)6-4-21-36-2/h15,18-20,22-26,28H,3-14,16-17,21H2,1-2H3. The molecule has 1 nitrogen and oxygen atoms in total. The van der Waals surface area contributed by atoms with Crippen LogP contribution < -0.4 is 0 Å². The molecule has 0 spiro atoms. The van der Waals surface area contributed by atoms with Gasteiger partial charge in [0.2, 0.25) is 0 Å². The molecule has 0 radical (unpaired) electrons. The van der Waals surface area contributed by atoms with Crippen molar-refractivity contribution >= 4 is 0 Å². The summed E-state index contributed by atoms with van der Waals surface area (Å²) in [7, 11) is 1.78. The summed E-state index contributed by atoms with van der Waals surface area (Å²) in [5.74, 6) is 2.27. The average molecular weight is 497 g/mol. The van der Waals surface area contributed by atoms with Crippen molar-refractivity contribution in [2.24, 2.45) is 17.8 Å². The van der Waals surface area contributed by atoms with Crippen molar-refractivity contribution in [3.63, 3.8) is 0 Å². The molecule has 2 aromatic carbocycles. The Hall–Kier alpha value is -1.74. The Balaban J connectivity index is 1.29. The van der Waals surface area contributed by atoms with Gasteiger partial charge in [-0.15, -0.1) is 0 Å². The number of benzene rings is 2. The number of halogens is 2.